The molecule has 0 radical (unpaired) electrons. The summed E-state index contributed by atoms with van der Waals surface area (Å²) in [6, 6.07) is 1.75. The van der Waals surface area contributed by atoms with E-state index in [1.54, 1.807) is 6.07 Å². The van der Waals surface area contributed by atoms with Gasteiger partial charge in [-0.2, -0.15) is 0 Å². The molecule has 0 bridgehead atoms. The number of aromatic amines is 1. The van der Waals surface area contributed by atoms with Gasteiger partial charge >= 0.3 is 0 Å². The van der Waals surface area contributed by atoms with Crippen LogP contribution in [0, 0.1) is 0 Å². The molecule has 1 amide bonds. The van der Waals surface area contributed by atoms with Crippen LogP contribution in [0.3, 0.4) is 0 Å². The van der Waals surface area contributed by atoms with E-state index >= 15 is 0 Å². The maximum atomic E-state index is 12.1. The zero-order chi connectivity index (χ0) is 11.7. The van der Waals surface area contributed by atoms with Gasteiger partial charge in [0.15, 0.2) is 0 Å². The lowest BCUT2D eigenvalue weighted by atomic mass is 10.2. The largest absolute Gasteiger partial charge is 0.340 e. The van der Waals surface area contributed by atoms with Crippen LogP contribution in [0.1, 0.15) is 17.4 Å². The van der Waals surface area contributed by atoms with Crippen LogP contribution in [-0.4, -0.2) is 41.5 Å². The highest BCUT2D eigenvalue weighted by Crippen LogP contribution is 2.23. The van der Waals surface area contributed by atoms with Crippen molar-refractivity contribution in [2.24, 2.45) is 0 Å². The van der Waals surface area contributed by atoms with Gasteiger partial charge in [0.2, 0.25) is 0 Å². The van der Waals surface area contributed by atoms with Gasteiger partial charge in [0.25, 0.3) is 5.91 Å². The smallest absolute Gasteiger partial charge is 0.270 e. The highest BCUT2D eigenvalue weighted by molar-refractivity contribution is 6.41. The predicted octanol–water partition coefficient (Wildman–Crippen LogP) is 1.76. The van der Waals surface area contributed by atoms with Crippen molar-refractivity contribution < 1.29 is 4.79 Å². The van der Waals surface area contributed by atoms with Crippen molar-refractivity contribution in [1.82, 2.24) is 15.2 Å². The minimum Gasteiger partial charge on any atom is -0.340 e. The molecule has 2 N–H and O–H groups in total. The van der Waals surface area contributed by atoms with Crippen LogP contribution in [0.4, 0.5) is 0 Å². The molecular weight excluding hydrogens is 249 g/mol. The van der Waals surface area contributed by atoms with Crippen LogP contribution >= 0.6 is 23.2 Å². The SMILES string of the molecule is CC1CNCCN1C(=O)c1cc(Cl)c(Cl)[nH]1. The molecule has 0 spiro atoms. The van der Waals surface area contributed by atoms with Crippen molar-refractivity contribution >= 4 is 29.1 Å². The van der Waals surface area contributed by atoms with Crippen molar-refractivity contribution in [2.75, 3.05) is 19.6 Å². The Morgan fingerprint density at radius 1 is 1.56 bits per heavy atom. The molecular formula is C10H13Cl2N3O. The molecule has 0 aliphatic carbocycles. The third-order valence-electron chi connectivity index (χ3n) is 2.72. The quantitative estimate of drug-likeness (QED) is 0.810. The number of carbonyl (C=O) groups excluding carboxylic acids is 1. The molecule has 2 rings (SSSR count). The molecule has 2 heterocycles. The summed E-state index contributed by atoms with van der Waals surface area (Å²) in [5.41, 5.74) is 0.448. The van der Waals surface area contributed by atoms with Crippen molar-refractivity contribution in [3.05, 3.63) is 21.9 Å². The lowest BCUT2D eigenvalue weighted by Crippen LogP contribution is -2.52. The number of piperazine rings is 1. The Kier molecular flexibility index (Phi) is 3.42. The summed E-state index contributed by atoms with van der Waals surface area (Å²) in [5, 5.41) is 3.93. The molecule has 1 aromatic rings. The maximum absolute atomic E-state index is 12.1. The first-order valence-electron chi connectivity index (χ1n) is 5.15. The monoisotopic (exact) mass is 261 g/mol. The third kappa shape index (κ3) is 2.19. The van der Waals surface area contributed by atoms with Gasteiger partial charge in [-0.05, 0) is 13.0 Å². The molecule has 4 nitrogen and oxygen atoms in total. The fourth-order valence-electron chi connectivity index (χ4n) is 1.82. The first-order valence-corrected chi connectivity index (χ1v) is 5.91. The summed E-state index contributed by atoms with van der Waals surface area (Å²) in [7, 11) is 0. The Morgan fingerprint density at radius 2 is 2.31 bits per heavy atom. The summed E-state index contributed by atoms with van der Waals surface area (Å²) >= 11 is 11.6. The molecule has 6 heteroatoms. The average Bonchev–Trinajstić information content (AvgIpc) is 2.59. The molecule has 1 fully saturated rings. The van der Waals surface area contributed by atoms with Gasteiger partial charge in [0.05, 0.1) is 5.02 Å². The standard InChI is InChI=1S/C10H13Cl2N3O/c1-6-5-13-2-3-15(6)10(16)8-4-7(11)9(12)14-8/h4,6,13-14H,2-3,5H2,1H3. The van der Waals surface area contributed by atoms with Gasteiger partial charge in [-0.25, -0.2) is 0 Å². The van der Waals surface area contributed by atoms with E-state index in [1.807, 2.05) is 11.8 Å². The first-order chi connectivity index (χ1) is 7.59. The summed E-state index contributed by atoms with van der Waals surface area (Å²) in [4.78, 5) is 16.7. The lowest BCUT2D eigenvalue weighted by molar-refractivity contribution is 0.0650. The van der Waals surface area contributed by atoms with Crippen LogP contribution in [0.2, 0.25) is 10.2 Å². The van der Waals surface area contributed by atoms with Crippen LogP contribution in [0.15, 0.2) is 6.07 Å². The van der Waals surface area contributed by atoms with Crippen molar-refractivity contribution in [3.8, 4) is 0 Å². The van der Waals surface area contributed by atoms with E-state index in [0.29, 0.717) is 22.4 Å². The van der Waals surface area contributed by atoms with Gasteiger partial charge in [-0.15, -0.1) is 0 Å². The molecule has 1 atom stereocenters. The average molecular weight is 262 g/mol. The summed E-state index contributed by atoms with van der Waals surface area (Å²) < 4.78 is 0. The number of aromatic nitrogens is 1. The summed E-state index contributed by atoms with van der Waals surface area (Å²) in [6.45, 7) is 4.34. The van der Waals surface area contributed by atoms with E-state index in [9.17, 15) is 4.79 Å². The number of carbonyl (C=O) groups is 1. The number of rotatable bonds is 1. The van der Waals surface area contributed by atoms with Crippen molar-refractivity contribution in [3.63, 3.8) is 0 Å². The molecule has 0 saturated carbocycles. The first kappa shape index (κ1) is 11.8. The van der Waals surface area contributed by atoms with E-state index in [-0.39, 0.29) is 11.9 Å². The molecule has 1 aliphatic heterocycles. The van der Waals surface area contributed by atoms with Crippen LogP contribution in [-0.2, 0) is 0 Å². The number of amides is 1. The lowest BCUT2D eigenvalue weighted by Gasteiger charge is -2.33. The van der Waals surface area contributed by atoms with Gasteiger partial charge in [0, 0.05) is 25.7 Å². The number of nitrogens with one attached hydrogen (secondary N) is 2. The second-order valence-corrected chi connectivity index (χ2v) is 4.68. The van der Waals surface area contributed by atoms with Gasteiger partial charge in [-0.3, -0.25) is 4.79 Å². The van der Waals surface area contributed by atoms with Crippen LogP contribution in [0.25, 0.3) is 0 Å². The Morgan fingerprint density at radius 3 is 2.88 bits per heavy atom. The van der Waals surface area contributed by atoms with Gasteiger partial charge < -0.3 is 15.2 Å². The van der Waals surface area contributed by atoms with Crippen molar-refractivity contribution in [2.45, 2.75) is 13.0 Å². The Bertz CT molecular complexity index is 385. The van der Waals surface area contributed by atoms with Crippen LogP contribution < -0.4 is 5.32 Å². The molecule has 88 valence electrons. The fraction of sp³-hybridized carbons (Fsp3) is 0.500. The predicted molar refractivity (Wildman–Crippen MR) is 64.2 cm³/mol. The minimum atomic E-state index is -0.0530. The molecule has 0 aromatic carbocycles. The van der Waals surface area contributed by atoms with Crippen molar-refractivity contribution in [1.29, 1.82) is 0 Å². The van der Waals surface area contributed by atoms with Gasteiger partial charge in [0.1, 0.15) is 10.8 Å². The Labute approximate surface area is 104 Å². The minimum absolute atomic E-state index is 0.0530. The molecule has 16 heavy (non-hydrogen) atoms. The van der Waals surface area contributed by atoms with E-state index in [2.05, 4.69) is 10.3 Å². The molecule has 1 aromatic heterocycles. The number of halogens is 2. The number of nitrogens with zero attached hydrogens (tertiary/aromatic N) is 1. The molecule has 1 saturated heterocycles. The van der Waals surface area contributed by atoms with E-state index in [4.69, 9.17) is 23.2 Å². The topological polar surface area (TPSA) is 48.1 Å². The summed E-state index contributed by atoms with van der Waals surface area (Å²) in [5.74, 6) is -0.0530. The Balaban J connectivity index is 2.17. The van der Waals surface area contributed by atoms with Crippen LogP contribution in [0.5, 0.6) is 0 Å². The zero-order valence-electron chi connectivity index (χ0n) is 8.89. The van der Waals surface area contributed by atoms with Gasteiger partial charge in [-0.1, -0.05) is 23.2 Å². The molecule has 1 unspecified atom stereocenters. The highest BCUT2D eigenvalue weighted by atomic mass is 35.5. The second-order valence-electron chi connectivity index (χ2n) is 3.90. The number of H-pyrrole nitrogens is 1. The summed E-state index contributed by atoms with van der Waals surface area (Å²) in [6.07, 6.45) is 0. The Hall–Kier alpha value is -0.710. The van der Waals surface area contributed by atoms with E-state index in [0.717, 1.165) is 13.1 Å². The third-order valence-corrected chi connectivity index (χ3v) is 3.41. The molecule has 1 aliphatic rings. The normalized spacial score (nSPS) is 21.2. The second kappa shape index (κ2) is 4.65. The maximum Gasteiger partial charge on any atom is 0.270 e. The van der Waals surface area contributed by atoms with E-state index in [1.165, 1.54) is 0 Å². The zero-order valence-corrected chi connectivity index (χ0v) is 10.4. The number of hydrogen-bond donors (Lipinski definition) is 2. The fourth-order valence-corrected chi connectivity index (χ4v) is 2.13. The van der Waals surface area contributed by atoms with E-state index < -0.39 is 0 Å². The number of hydrogen-bond acceptors (Lipinski definition) is 2. The highest BCUT2D eigenvalue weighted by Gasteiger charge is 2.25.